The monoisotopic (exact) mass is 984 g/mol. The maximum Gasteiger partial charge on any atom is 0.335 e. The van der Waals surface area contributed by atoms with Crippen LogP contribution in [0.25, 0.3) is 0 Å². The van der Waals surface area contributed by atoms with Gasteiger partial charge in [0.25, 0.3) is 0 Å². The van der Waals surface area contributed by atoms with E-state index in [0.29, 0.717) is 44.9 Å². The summed E-state index contributed by atoms with van der Waals surface area (Å²) in [7, 11) is 1.35. The second kappa shape index (κ2) is 18.5. The van der Waals surface area contributed by atoms with Crippen molar-refractivity contribution in [1.29, 1.82) is 0 Å². The molecule has 0 spiro atoms. The maximum atomic E-state index is 14.8. The molecule has 4 saturated carbocycles. The molecule has 24 atom stereocenters. The zero-order valence-corrected chi connectivity index (χ0v) is 40.9. The number of carboxylic acid groups (broad SMARTS) is 1. The number of carbonyl (C=O) groups is 3. The Morgan fingerprint density at radius 1 is 0.681 bits per heavy atom. The SMILES string of the molecule is COC(=O)[C@@]1(C)CC[C@]2(C(=O)O[C@@H]3O[C@H](CO)[C@@H](O)[C@H](O)[C@H]3O)CC[C@]3(C)C(=CC[C@@H]4[C@@]5(C)CC[C@H](O[C@@H]6O[C@H](C(=O)O)[C@@H](O)[C@H](O[C@@H]7O[C@@H](C)[C@H](O)[C@@H](O)[C@H]7O)[C@H]6O)C(C)(C)[C@@H]5CC[C@]43C)[C@@H]2C1. The first kappa shape index (κ1) is 52.9. The number of methoxy groups -OCH3 is 1. The second-order valence-corrected chi connectivity index (χ2v) is 23.4. The molecule has 3 saturated heterocycles. The number of fused-ring (bicyclic) bond motifs is 7. The molecular formula is C49H76O20. The molecule has 20 heteroatoms. The third-order valence-electron chi connectivity index (χ3n) is 19.7. The Hall–Kier alpha value is -2.41. The molecule has 392 valence electrons. The number of allylic oxidation sites excluding steroid dienone is 2. The first-order chi connectivity index (χ1) is 32.2. The van der Waals surface area contributed by atoms with Crippen LogP contribution in [0.4, 0.5) is 0 Å². The van der Waals surface area contributed by atoms with Gasteiger partial charge >= 0.3 is 17.9 Å². The third kappa shape index (κ3) is 8.13. The van der Waals surface area contributed by atoms with Crippen LogP contribution in [0.1, 0.15) is 113 Å². The van der Waals surface area contributed by atoms with E-state index in [1.165, 1.54) is 14.0 Å². The van der Waals surface area contributed by atoms with E-state index in [1.54, 1.807) is 0 Å². The first-order valence-electron chi connectivity index (χ1n) is 24.7. The lowest BCUT2D eigenvalue weighted by Gasteiger charge is -2.71. The van der Waals surface area contributed by atoms with Crippen LogP contribution in [0.5, 0.6) is 0 Å². The van der Waals surface area contributed by atoms with Crippen molar-refractivity contribution in [2.75, 3.05) is 13.7 Å². The van der Waals surface area contributed by atoms with Gasteiger partial charge in [0.2, 0.25) is 6.29 Å². The van der Waals surface area contributed by atoms with Crippen molar-refractivity contribution in [2.45, 2.75) is 211 Å². The van der Waals surface area contributed by atoms with Crippen LogP contribution in [0.2, 0.25) is 0 Å². The maximum absolute atomic E-state index is 14.8. The highest BCUT2D eigenvalue weighted by atomic mass is 16.7. The van der Waals surface area contributed by atoms with Gasteiger partial charge in [-0.3, -0.25) is 9.59 Å². The summed E-state index contributed by atoms with van der Waals surface area (Å²) in [6, 6.07) is 0. The summed E-state index contributed by atoms with van der Waals surface area (Å²) >= 11 is 0. The number of carboxylic acids is 1. The van der Waals surface area contributed by atoms with Gasteiger partial charge in [0, 0.05) is 0 Å². The number of aliphatic carboxylic acids is 1. The van der Waals surface area contributed by atoms with E-state index in [4.69, 9.17) is 33.2 Å². The molecule has 7 fully saturated rings. The smallest absolute Gasteiger partial charge is 0.335 e. The second-order valence-electron chi connectivity index (χ2n) is 23.4. The fraction of sp³-hybridized carbons (Fsp3) is 0.898. The molecule has 3 heterocycles. The number of hydrogen-bond acceptors (Lipinski definition) is 19. The number of carbonyl (C=O) groups excluding carboxylic acids is 2. The van der Waals surface area contributed by atoms with Gasteiger partial charge < -0.3 is 84.2 Å². The van der Waals surface area contributed by atoms with Crippen LogP contribution in [0.3, 0.4) is 0 Å². The van der Waals surface area contributed by atoms with E-state index < -0.39 is 144 Å². The van der Waals surface area contributed by atoms with Gasteiger partial charge in [-0.05, 0) is 117 Å². The minimum atomic E-state index is -1.93. The zero-order valence-electron chi connectivity index (χ0n) is 40.9. The van der Waals surface area contributed by atoms with Crippen molar-refractivity contribution in [3.8, 4) is 0 Å². The molecule has 0 aromatic rings. The third-order valence-corrected chi connectivity index (χ3v) is 19.7. The molecule has 3 aliphatic heterocycles. The highest BCUT2D eigenvalue weighted by molar-refractivity contribution is 5.81. The van der Waals surface area contributed by atoms with Gasteiger partial charge in [0.15, 0.2) is 18.7 Å². The minimum absolute atomic E-state index is 0.0581. The molecule has 8 rings (SSSR count). The lowest BCUT2D eigenvalue weighted by atomic mass is 9.33. The molecule has 0 amide bonds. The molecular weight excluding hydrogens is 909 g/mol. The standard InChI is InChI=1S/C49H76O20/c1-21-28(51)30(53)32(55)39(64-21)67-36-34(57)37(38(59)60)68-41(35(36)58)66-27-12-13-46(5)25(44(27,2)3)11-14-48(7)26(46)10-9-22-23-19-45(4,42(61)63-8)15-17-49(23,18-16-47(22,48)6)43(62)69-40-33(56)31(54)29(52)24(20-50)65-40/h9,21,23-37,39-41,50-58H,10-20H2,1-8H3,(H,59,60)/t21-,23-,24+,25-,26+,27-,28-,29+,30+,31-,32+,33+,34-,35+,36-,37-,39-,40-,41+,45-,46-,47+,48+,49-/m0/s1. The summed E-state index contributed by atoms with van der Waals surface area (Å²) in [5.74, 6) is -2.83. The quantitative estimate of drug-likeness (QED) is 0.0850. The summed E-state index contributed by atoms with van der Waals surface area (Å²) in [6.07, 6.45) is -17.5. The predicted molar refractivity (Wildman–Crippen MR) is 236 cm³/mol. The zero-order chi connectivity index (χ0) is 50.7. The number of ether oxygens (including phenoxy) is 7. The van der Waals surface area contributed by atoms with Crippen LogP contribution in [0.15, 0.2) is 11.6 Å². The van der Waals surface area contributed by atoms with Crippen molar-refractivity contribution in [2.24, 2.45) is 50.2 Å². The summed E-state index contributed by atoms with van der Waals surface area (Å²) in [4.78, 5) is 40.7. The average molecular weight is 985 g/mol. The Bertz CT molecular complexity index is 1980. The molecule has 0 aromatic carbocycles. The summed E-state index contributed by atoms with van der Waals surface area (Å²) in [5.41, 5.74) is -2.56. The van der Waals surface area contributed by atoms with Crippen molar-refractivity contribution in [3.05, 3.63) is 11.6 Å². The number of aliphatic hydroxyl groups excluding tert-OH is 9. The topological polar surface area (TPSA) is 318 Å². The minimum Gasteiger partial charge on any atom is -0.479 e. The Kier molecular flexibility index (Phi) is 14.2. The Balaban J connectivity index is 1.05. The van der Waals surface area contributed by atoms with Crippen molar-refractivity contribution >= 4 is 17.9 Å². The number of hydrogen-bond donors (Lipinski definition) is 10. The summed E-state index contributed by atoms with van der Waals surface area (Å²) in [5, 5.41) is 106. The van der Waals surface area contributed by atoms with Gasteiger partial charge in [-0.1, -0.05) is 46.3 Å². The van der Waals surface area contributed by atoms with E-state index in [0.717, 1.165) is 18.4 Å². The molecule has 0 aromatic heterocycles. The molecule has 8 aliphatic rings. The van der Waals surface area contributed by atoms with Gasteiger partial charge in [-0.25, -0.2) is 4.79 Å². The molecule has 0 radical (unpaired) electrons. The van der Waals surface area contributed by atoms with E-state index in [9.17, 15) is 65.4 Å². The first-order valence-corrected chi connectivity index (χ1v) is 24.7. The highest BCUT2D eigenvalue weighted by Gasteiger charge is 2.71. The lowest BCUT2D eigenvalue weighted by Crippen LogP contribution is -2.67. The van der Waals surface area contributed by atoms with E-state index in [-0.39, 0.29) is 35.1 Å². The van der Waals surface area contributed by atoms with Gasteiger partial charge in [0.05, 0.1) is 36.8 Å². The average Bonchev–Trinajstić information content (AvgIpc) is 3.30. The summed E-state index contributed by atoms with van der Waals surface area (Å²) < 4.78 is 40.7. The van der Waals surface area contributed by atoms with Crippen LogP contribution in [-0.4, -0.2) is 181 Å². The van der Waals surface area contributed by atoms with Crippen molar-refractivity contribution in [3.63, 3.8) is 0 Å². The number of aliphatic hydroxyl groups is 9. The van der Waals surface area contributed by atoms with Crippen molar-refractivity contribution in [1.82, 2.24) is 0 Å². The van der Waals surface area contributed by atoms with E-state index in [2.05, 4.69) is 40.7 Å². The summed E-state index contributed by atoms with van der Waals surface area (Å²) in [6.45, 7) is 13.8. The Morgan fingerprint density at radius 3 is 1.97 bits per heavy atom. The van der Waals surface area contributed by atoms with Gasteiger partial charge in [0.1, 0.15) is 61.0 Å². The van der Waals surface area contributed by atoms with Crippen LogP contribution >= 0.6 is 0 Å². The normalized spacial score (nSPS) is 52.7. The Labute approximate surface area is 402 Å². The molecule has 10 N–H and O–H groups in total. The van der Waals surface area contributed by atoms with Crippen LogP contribution in [0, 0.1) is 50.2 Å². The number of rotatable bonds is 9. The van der Waals surface area contributed by atoms with Crippen LogP contribution < -0.4 is 0 Å². The largest absolute Gasteiger partial charge is 0.479 e. The van der Waals surface area contributed by atoms with Gasteiger partial charge in [-0.2, -0.15) is 0 Å². The molecule has 0 bridgehead atoms. The van der Waals surface area contributed by atoms with E-state index >= 15 is 0 Å². The van der Waals surface area contributed by atoms with Gasteiger partial charge in [-0.15, -0.1) is 0 Å². The predicted octanol–water partition coefficient (Wildman–Crippen LogP) is 0.414. The van der Waals surface area contributed by atoms with Crippen LogP contribution in [-0.2, 0) is 47.5 Å². The molecule has 5 aliphatic carbocycles. The lowest BCUT2D eigenvalue weighted by molar-refractivity contribution is -0.363. The number of esters is 2. The van der Waals surface area contributed by atoms with E-state index in [1.807, 2.05) is 6.92 Å². The Morgan fingerprint density at radius 2 is 1.32 bits per heavy atom. The fourth-order valence-electron chi connectivity index (χ4n) is 15.2. The highest BCUT2D eigenvalue weighted by Crippen LogP contribution is 2.76. The molecule has 69 heavy (non-hydrogen) atoms. The molecule has 20 nitrogen and oxygen atoms in total. The molecule has 0 unspecified atom stereocenters. The fourth-order valence-corrected chi connectivity index (χ4v) is 15.2. The van der Waals surface area contributed by atoms with Crippen molar-refractivity contribution < 1.29 is 98.6 Å².